The van der Waals surface area contributed by atoms with Gasteiger partial charge in [-0.1, -0.05) is 32.9 Å². The maximum absolute atomic E-state index is 13.0. The lowest BCUT2D eigenvalue weighted by molar-refractivity contribution is -0.164. The molecular weight excluding hydrogens is 385 g/mol. The van der Waals surface area contributed by atoms with Crippen LogP contribution in [0.4, 0.5) is 18.0 Å². The zero-order valence-electron chi connectivity index (χ0n) is 17.8. The number of carbonyl (C=O) groups excluding carboxylic acids is 2. The highest BCUT2D eigenvalue weighted by Gasteiger charge is 2.45. The third-order valence-electron chi connectivity index (χ3n) is 4.54. The molecule has 0 bridgehead atoms. The van der Waals surface area contributed by atoms with Crippen LogP contribution in [0.2, 0.25) is 0 Å². The van der Waals surface area contributed by atoms with Crippen molar-refractivity contribution in [1.29, 1.82) is 0 Å². The summed E-state index contributed by atoms with van der Waals surface area (Å²) < 4.78 is 43.7. The van der Waals surface area contributed by atoms with Crippen molar-refractivity contribution in [2.45, 2.75) is 65.9 Å². The van der Waals surface area contributed by atoms with Gasteiger partial charge in [0.15, 0.2) is 0 Å². The number of amides is 2. The minimum absolute atomic E-state index is 0.179. The largest absolute Gasteiger partial charge is 0.458 e. The molecule has 2 rings (SSSR count). The summed E-state index contributed by atoms with van der Waals surface area (Å²) in [4.78, 5) is 28.8. The number of urea groups is 1. The number of hydrogen-bond donors (Lipinski definition) is 0. The van der Waals surface area contributed by atoms with E-state index in [4.69, 9.17) is 4.74 Å². The molecule has 8 heteroatoms. The lowest BCUT2D eigenvalue weighted by Gasteiger charge is -2.37. The highest BCUT2D eigenvalue weighted by atomic mass is 19.4. The molecule has 1 aromatic carbocycles. The molecule has 2 amide bonds. The molecular formula is C21H29F3N2O3. The molecule has 162 valence electrons. The minimum Gasteiger partial charge on any atom is -0.458 e. The van der Waals surface area contributed by atoms with Gasteiger partial charge >= 0.3 is 18.2 Å². The summed E-state index contributed by atoms with van der Waals surface area (Å²) >= 11 is 0. The Bertz CT molecular complexity index is 746. The number of halogens is 3. The Kier molecular flexibility index (Phi) is 6.26. The van der Waals surface area contributed by atoms with Gasteiger partial charge in [0.05, 0.1) is 5.56 Å². The molecule has 0 N–H and O–H groups in total. The lowest BCUT2D eigenvalue weighted by atomic mass is 9.85. The molecule has 1 saturated heterocycles. The highest BCUT2D eigenvalue weighted by Crippen LogP contribution is 2.31. The van der Waals surface area contributed by atoms with Crippen LogP contribution in [0.3, 0.4) is 0 Å². The standard InChI is InChI=1S/C21H29F3N2O3/c1-19(2,3)16(17(27)29-20(4,5)6)26-12-11-25(18(26)28)13-14-7-9-15(10-8-14)21(22,23)24/h7-10,16H,11-13H2,1-6H3/t16-/m1/s1. The molecule has 1 heterocycles. The van der Waals surface area contributed by atoms with Gasteiger partial charge < -0.3 is 14.5 Å². The average molecular weight is 414 g/mol. The zero-order valence-corrected chi connectivity index (χ0v) is 17.8. The van der Waals surface area contributed by atoms with Gasteiger partial charge in [-0.15, -0.1) is 0 Å². The van der Waals surface area contributed by atoms with Crippen molar-refractivity contribution in [1.82, 2.24) is 9.80 Å². The van der Waals surface area contributed by atoms with E-state index in [2.05, 4.69) is 0 Å². The summed E-state index contributed by atoms with van der Waals surface area (Å²) in [5.74, 6) is -0.463. The third-order valence-corrected chi connectivity index (χ3v) is 4.54. The Balaban J connectivity index is 2.15. The van der Waals surface area contributed by atoms with E-state index < -0.39 is 34.8 Å². The van der Waals surface area contributed by atoms with E-state index >= 15 is 0 Å². The van der Waals surface area contributed by atoms with E-state index in [1.807, 2.05) is 20.8 Å². The van der Waals surface area contributed by atoms with E-state index in [9.17, 15) is 22.8 Å². The summed E-state index contributed by atoms with van der Waals surface area (Å²) in [5, 5.41) is 0. The first-order valence-corrected chi connectivity index (χ1v) is 9.54. The molecule has 0 aromatic heterocycles. The van der Waals surface area contributed by atoms with Crippen molar-refractivity contribution in [2.24, 2.45) is 5.41 Å². The van der Waals surface area contributed by atoms with Crippen LogP contribution in [0.25, 0.3) is 0 Å². The average Bonchev–Trinajstić information content (AvgIpc) is 2.85. The summed E-state index contributed by atoms with van der Waals surface area (Å²) in [7, 11) is 0. The first-order valence-electron chi connectivity index (χ1n) is 9.54. The maximum Gasteiger partial charge on any atom is 0.416 e. The third kappa shape index (κ3) is 5.87. The first kappa shape index (κ1) is 23.0. The van der Waals surface area contributed by atoms with Crippen LogP contribution in [0.1, 0.15) is 52.7 Å². The van der Waals surface area contributed by atoms with Crippen molar-refractivity contribution in [3.8, 4) is 0 Å². The number of carbonyl (C=O) groups is 2. The first-order chi connectivity index (χ1) is 13.1. The van der Waals surface area contributed by atoms with Gasteiger partial charge in [-0.2, -0.15) is 13.2 Å². The van der Waals surface area contributed by atoms with Crippen molar-refractivity contribution >= 4 is 12.0 Å². The number of benzene rings is 1. The summed E-state index contributed by atoms with van der Waals surface area (Å²) in [6.07, 6.45) is -4.40. The van der Waals surface area contributed by atoms with Crippen LogP contribution >= 0.6 is 0 Å². The van der Waals surface area contributed by atoms with Crippen LogP contribution in [-0.2, 0) is 22.3 Å². The molecule has 1 atom stereocenters. The Labute approximate surface area is 169 Å². The van der Waals surface area contributed by atoms with Crippen LogP contribution in [-0.4, -0.2) is 46.5 Å². The fourth-order valence-corrected chi connectivity index (χ4v) is 3.31. The van der Waals surface area contributed by atoms with Crippen LogP contribution in [0.15, 0.2) is 24.3 Å². The molecule has 0 unspecified atom stereocenters. The van der Waals surface area contributed by atoms with Crippen molar-refractivity contribution < 1.29 is 27.5 Å². The smallest absolute Gasteiger partial charge is 0.416 e. The summed E-state index contributed by atoms with van der Waals surface area (Å²) in [5.41, 5.74) is -1.35. The normalized spacial score (nSPS) is 16.9. The zero-order chi connectivity index (χ0) is 22.2. The quantitative estimate of drug-likeness (QED) is 0.671. The van der Waals surface area contributed by atoms with Crippen molar-refractivity contribution in [3.63, 3.8) is 0 Å². The number of esters is 1. The second-order valence-electron chi connectivity index (χ2n) is 9.39. The Morgan fingerprint density at radius 3 is 2.03 bits per heavy atom. The summed E-state index contributed by atoms with van der Waals surface area (Å²) in [6.45, 7) is 11.8. The van der Waals surface area contributed by atoms with Crippen LogP contribution in [0, 0.1) is 5.41 Å². The molecule has 0 radical (unpaired) electrons. The maximum atomic E-state index is 13.0. The molecule has 1 fully saturated rings. The van der Waals surface area contributed by atoms with E-state index in [-0.39, 0.29) is 12.6 Å². The molecule has 1 aliphatic heterocycles. The van der Waals surface area contributed by atoms with Crippen LogP contribution < -0.4 is 0 Å². The second kappa shape index (κ2) is 7.88. The predicted molar refractivity (Wildman–Crippen MR) is 103 cm³/mol. The van der Waals surface area contributed by atoms with Crippen molar-refractivity contribution in [2.75, 3.05) is 13.1 Å². The van der Waals surface area contributed by atoms with Gasteiger partial charge in [-0.25, -0.2) is 9.59 Å². The predicted octanol–water partition coefficient (Wildman–Crippen LogP) is 4.70. The lowest BCUT2D eigenvalue weighted by Crippen LogP contribution is -2.52. The van der Waals surface area contributed by atoms with E-state index in [1.54, 1.807) is 20.8 Å². The second-order valence-corrected chi connectivity index (χ2v) is 9.39. The fourth-order valence-electron chi connectivity index (χ4n) is 3.31. The van der Waals surface area contributed by atoms with Gasteiger partial charge in [0.1, 0.15) is 11.6 Å². The van der Waals surface area contributed by atoms with Crippen molar-refractivity contribution in [3.05, 3.63) is 35.4 Å². The molecule has 0 spiro atoms. The molecule has 1 aliphatic rings. The molecule has 0 saturated carbocycles. The van der Waals surface area contributed by atoms with Gasteiger partial charge in [0.25, 0.3) is 0 Å². The van der Waals surface area contributed by atoms with E-state index in [0.29, 0.717) is 18.7 Å². The van der Waals surface area contributed by atoms with Gasteiger partial charge in [0.2, 0.25) is 0 Å². The van der Waals surface area contributed by atoms with Gasteiger partial charge in [-0.3, -0.25) is 0 Å². The topological polar surface area (TPSA) is 49.9 Å². The number of nitrogens with zero attached hydrogens (tertiary/aromatic N) is 2. The number of alkyl halides is 3. The van der Waals surface area contributed by atoms with Gasteiger partial charge in [-0.05, 0) is 43.9 Å². The fraction of sp³-hybridized carbons (Fsp3) is 0.619. The minimum atomic E-state index is -4.40. The van der Waals surface area contributed by atoms with Gasteiger partial charge in [0, 0.05) is 19.6 Å². The monoisotopic (exact) mass is 414 g/mol. The number of ether oxygens (including phenoxy) is 1. The molecule has 29 heavy (non-hydrogen) atoms. The SMILES string of the molecule is CC(C)(C)OC(=O)[C@@H](N1CCN(Cc2ccc(C(F)(F)F)cc2)C1=O)C(C)(C)C. The highest BCUT2D eigenvalue weighted by molar-refractivity contribution is 5.85. The number of rotatable bonds is 4. The number of hydrogen-bond acceptors (Lipinski definition) is 3. The van der Waals surface area contributed by atoms with E-state index in [0.717, 1.165) is 12.1 Å². The van der Waals surface area contributed by atoms with Crippen LogP contribution in [0.5, 0.6) is 0 Å². The molecule has 0 aliphatic carbocycles. The summed E-state index contributed by atoms with van der Waals surface area (Å²) in [6, 6.07) is 3.67. The Morgan fingerprint density at radius 2 is 1.59 bits per heavy atom. The molecule has 5 nitrogen and oxygen atoms in total. The Hall–Kier alpha value is -2.25. The van der Waals surface area contributed by atoms with E-state index in [1.165, 1.54) is 21.9 Å². The Morgan fingerprint density at radius 1 is 1.03 bits per heavy atom. The molecule has 1 aromatic rings.